The van der Waals surface area contributed by atoms with Gasteiger partial charge in [0, 0.05) is 18.3 Å². The number of hydrogen-bond acceptors (Lipinski definition) is 6. The second-order valence-electron chi connectivity index (χ2n) is 5.65. The van der Waals surface area contributed by atoms with Gasteiger partial charge < -0.3 is 9.47 Å². The maximum atomic E-state index is 13.8. The lowest BCUT2D eigenvalue weighted by Crippen LogP contribution is -2.27. The molecular weight excluding hydrogens is 345 g/mol. The molecule has 2 aromatic rings. The van der Waals surface area contributed by atoms with Crippen molar-refractivity contribution in [2.75, 3.05) is 0 Å². The molecule has 0 amide bonds. The third-order valence-corrected chi connectivity index (χ3v) is 2.94. The first-order valence-electron chi connectivity index (χ1n) is 6.68. The molecule has 0 saturated heterocycles. The van der Waals surface area contributed by atoms with Crippen LogP contribution in [-0.4, -0.2) is 26.4 Å². The number of ether oxygens (including phenoxy) is 2. The number of benzene rings is 1. The molecule has 0 aliphatic carbocycles. The maximum Gasteiger partial charge on any atom is 0.435 e. The summed E-state index contributed by atoms with van der Waals surface area (Å²) < 4.78 is 25.0. The molecule has 24 heavy (non-hydrogen) atoms. The molecule has 8 nitrogen and oxygen atoms in total. The summed E-state index contributed by atoms with van der Waals surface area (Å²) in [5.74, 6) is -1.45. The normalized spacial score (nSPS) is 11.2. The van der Waals surface area contributed by atoms with Crippen LogP contribution >= 0.6 is 11.6 Å². The van der Waals surface area contributed by atoms with Gasteiger partial charge in [-0.05, 0) is 26.8 Å². The first-order valence-corrected chi connectivity index (χ1v) is 7.05. The lowest BCUT2D eigenvalue weighted by atomic mass is 10.2. The number of nitrogens with zero attached hydrogens (tertiary/aromatic N) is 3. The van der Waals surface area contributed by atoms with Gasteiger partial charge in [0.05, 0.1) is 4.92 Å². The van der Waals surface area contributed by atoms with E-state index in [1.807, 2.05) is 0 Å². The molecule has 0 N–H and O–H groups in total. The Bertz CT molecular complexity index is 800. The fourth-order valence-electron chi connectivity index (χ4n) is 1.63. The third kappa shape index (κ3) is 3.99. The highest BCUT2D eigenvalue weighted by atomic mass is 35.5. The SMILES string of the molecule is CC(C)(C)OC(=O)n1ccc(Oc2ccc([N+](=O)[O-])c(F)c2Cl)n1. The second kappa shape index (κ2) is 6.44. The van der Waals surface area contributed by atoms with E-state index in [-0.39, 0.29) is 11.6 Å². The second-order valence-corrected chi connectivity index (χ2v) is 6.03. The number of nitro benzene ring substituents is 1. The first kappa shape index (κ1) is 17.7. The van der Waals surface area contributed by atoms with E-state index >= 15 is 0 Å². The number of aromatic nitrogens is 2. The number of halogens is 2. The molecule has 0 saturated carbocycles. The maximum absolute atomic E-state index is 13.8. The van der Waals surface area contributed by atoms with Crippen molar-refractivity contribution in [2.45, 2.75) is 26.4 Å². The van der Waals surface area contributed by atoms with Crippen molar-refractivity contribution in [1.29, 1.82) is 0 Å². The minimum atomic E-state index is -1.22. The van der Waals surface area contributed by atoms with Gasteiger partial charge in [-0.25, -0.2) is 4.79 Å². The third-order valence-electron chi connectivity index (χ3n) is 2.58. The zero-order valence-electron chi connectivity index (χ0n) is 12.9. The Labute approximate surface area is 140 Å². The van der Waals surface area contributed by atoms with Crippen molar-refractivity contribution >= 4 is 23.4 Å². The average molecular weight is 358 g/mol. The summed E-state index contributed by atoms with van der Waals surface area (Å²) >= 11 is 5.72. The van der Waals surface area contributed by atoms with E-state index in [9.17, 15) is 19.3 Å². The van der Waals surface area contributed by atoms with Crippen molar-refractivity contribution in [3.63, 3.8) is 0 Å². The van der Waals surface area contributed by atoms with Crippen LogP contribution in [-0.2, 0) is 4.74 Å². The van der Waals surface area contributed by atoms with E-state index in [0.29, 0.717) is 0 Å². The van der Waals surface area contributed by atoms with Crippen LogP contribution in [0.2, 0.25) is 5.02 Å². The van der Waals surface area contributed by atoms with Crippen LogP contribution < -0.4 is 4.74 Å². The highest BCUT2D eigenvalue weighted by Crippen LogP contribution is 2.35. The van der Waals surface area contributed by atoms with E-state index < -0.39 is 33.1 Å². The van der Waals surface area contributed by atoms with Gasteiger partial charge in [-0.15, -0.1) is 5.10 Å². The van der Waals surface area contributed by atoms with E-state index in [1.54, 1.807) is 20.8 Å². The average Bonchev–Trinajstić information content (AvgIpc) is 2.90. The number of carbonyl (C=O) groups is 1. The fraction of sp³-hybridized carbons (Fsp3) is 0.286. The van der Waals surface area contributed by atoms with E-state index in [2.05, 4.69) is 5.10 Å². The van der Waals surface area contributed by atoms with Gasteiger partial charge in [-0.1, -0.05) is 11.6 Å². The standard InChI is InChI=1S/C14H13ClFN3O5/c1-14(2,3)24-13(20)18-7-6-10(17-18)23-9-5-4-8(19(21)22)12(16)11(9)15/h4-7H,1-3H3. The molecule has 0 unspecified atom stereocenters. The van der Waals surface area contributed by atoms with Crippen LogP contribution in [0.15, 0.2) is 24.4 Å². The van der Waals surface area contributed by atoms with Crippen molar-refractivity contribution in [2.24, 2.45) is 0 Å². The summed E-state index contributed by atoms with van der Waals surface area (Å²) in [6.45, 7) is 5.10. The van der Waals surface area contributed by atoms with Crippen LogP contribution in [0.5, 0.6) is 11.6 Å². The van der Waals surface area contributed by atoms with Crippen molar-refractivity contribution in [3.05, 3.63) is 45.4 Å². The predicted octanol–water partition coefficient (Wildman–Crippen LogP) is 4.16. The Hall–Kier alpha value is -2.68. The van der Waals surface area contributed by atoms with E-state index in [4.69, 9.17) is 21.1 Å². The van der Waals surface area contributed by atoms with Gasteiger partial charge >= 0.3 is 11.8 Å². The van der Waals surface area contributed by atoms with Gasteiger partial charge in [-0.3, -0.25) is 10.1 Å². The zero-order valence-corrected chi connectivity index (χ0v) is 13.7. The number of nitro groups is 1. The highest BCUT2D eigenvalue weighted by molar-refractivity contribution is 6.32. The highest BCUT2D eigenvalue weighted by Gasteiger charge is 2.22. The Morgan fingerprint density at radius 2 is 2.04 bits per heavy atom. The Balaban J connectivity index is 2.20. The van der Waals surface area contributed by atoms with Crippen molar-refractivity contribution in [3.8, 4) is 11.6 Å². The molecule has 0 aliphatic heterocycles. The summed E-state index contributed by atoms with van der Waals surface area (Å²) in [5.41, 5.74) is -1.47. The van der Waals surface area contributed by atoms with Gasteiger partial charge in [0.25, 0.3) is 0 Å². The van der Waals surface area contributed by atoms with E-state index in [1.165, 1.54) is 12.3 Å². The summed E-state index contributed by atoms with van der Waals surface area (Å²) in [7, 11) is 0. The summed E-state index contributed by atoms with van der Waals surface area (Å²) in [6.07, 6.45) is 0.567. The number of rotatable bonds is 3. The van der Waals surface area contributed by atoms with Gasteiger partial charge in [-0.2, -0.15) is 9.07 Å². The number of carbonyl (C=O) groups excluding carboxylic acids is 1. The van der Waals surface area contributed by atoms with Crippen LogP contribution in [0.3, 0.4) is 0 Å². The van der Waals surface area contributed by atoms with Gasteiger partial charge in [0.2, 0.25) is 11.7 Å². The Morgan fingerprint density at radius 3 is 2.62 bits per heavy atom. The molecule has 128 valence electrons. The lowest BCUT2D eigenvalue weighted by molar-refractivity contribution is -0.387. The smallest absolute Gasteiger partial charge is 0.435 e. The molecule has 0 atom stereocenters. The number of hydrogen-bond donors (Lipinski definition) is 0. The molecule has 10 heteroatoms. The molecule has 0 fully saturated rings. The summed E-state index contributed by atoms with van der Waals surface area (Å²) in [5, 5.41) is 13.9. The minimum Gasteiger partial charge on any atom is -0.442 e. The molecular formula is C14H13ClFN3O5. The molecule has 1 aromatic carbocycles. The molecule has 1 aromatic heterocycles. The Kier molecular flexibility index (Phi) is 4.74. The van der Waals surface area contributed by atoms with Crippen molar-refractivity contribution < 1.29 is 23.6 Å². The summed E-state index contributed by atoms with van der Waals surface area (Å²) in [6, 6.07) is 3.39. The first-order chi connectivity index (χ1) is 11.1. The quantitative estimate of drug-likeness (QED) is 0.604. The van der Waals surface area contributed by atoms with E-state index in [0.717, 1.165) is 16.8 Å². The monoisotopic (exact) mass is 357 g/mol. The lowest BCUT2D eigenvalue weighted by Gasteiger charge is -2.18. The van der Waals surface area contributed by atoms with Crippen LogP contribution in [0, 0.1) is 15.9 Å². The van der Waals surface area contributed by atoms with Gasteiger partial charge in [0.1, 0.15) is 10.6 Å². The molecule has 1 heterocycles. The predicted molar refractivity (Wildman–Crippen MR) is 82.0 cm³/mol. The van der Waals surface area contributed by atoms with Crippen LogP contribution in [0.4, 0.5) is 14.9 Å². The molecule has 0 aliphatic rings. The summed E-state index contributed by atoms with van der Waals surface area (Å²) in [4.78, 5) is 21.6. The largest absolute Gasteiger partial charge is 0.442 e. The molecule has 0 radical (unpaired) electrons. The molecule has 2 rings (SSSR count). The molecule has 0 spiro atoms. The Morgan fingerprint density at radius 1 is 1.38 bits per heavy atom. The molecule has 0 bridgehead atoms. The van der Waals surface area contributed by atoms with Crippen molar-refractivity contribution in [1.82, 2.24) is 9.78 Å². The zero-order chi connectivity index (χ0) is 18.1. The topological polar surface area (TPSA) is 96.5 Å². The van der Waals surface area contributed by atoms with Crippen LogP contribution in [0.1, 0.15) is 20.8 Å². The fourth-order valence-corrected chi connectivity index (χ4v) is 1.82. The minimum absolute atomic E-state index is 0.0592. The van der Waals surface area contributed by atoms with Crippen LogP contribution in [0.25, 0.3) is 0 Å². The van der Waals surface area contributed by atoms with Gasteiger partial charge in [0.15, 0.2) is 5.75 Å².